The minimum atomic E-state index is 0.247. The Hall–Kier alpha value is -0.480. The molecule has 1 nitrogen and oxygen atoms in total. The van der Waals surface area contributed by atoms with Gasteiger partial charge in [-0.1, -0.05) is 6.92 Å². The second-order valence-electron chi connectivity index (χ2n) is 3.12. The van der Waals surface area contributed by atoms with E-state index in [1.165, 1.54) is 0 Å². The van der Waals surface area contributed by atoms with E-state index in [2.05, 4.69) is 32.0 Å². The van der Waals surface area contributed by atoms with Crippen LogP contribution in [0.1, 0.15) is 33.6 Å². The molecule has 58 valence electrons. The third-order valence-corrected chi connectivity index (χ3v) is 1.76. The predicted molar refractivity (Wildman–Crippen MR) is 45.8 cm³/mol. The minimum absolute atomic E-state index is 0.247. The normalized spacial score (nSPS) is 11.0. The lowest BCUT2D eigenvalue weighted by Gasteiger charge is -2.23. The highest BCUT2D eigenvalue weighted by Gasteiger charge is 2.11. The number of rotatable bonds is 4. The molecule has 1 N–H and O–H groups in total. The van der Waals surface area contributed by atoms with Gasteiger partial charge >= 0.3 is 0 Å². The van der Waals surface area contributed by atoms with Gasteiger partial charge in [-0.05, 0) is 20.3 Å². The first-order valence-corrected chi connectivity index (χ1v) is 3.81. The van der Waals surface area contributed by atoms with Gasteiger partial charge in [0, 0.05) is 18.5 Å². The van der Waals surface area contributed by atoms with Gasteiger partial charge in [0.05, 0.1) is 0 Å². The van der Waals surface area contributed by atoms with Crippen molar-refractivity contribution in [3.05, 3.63) is 0 Å². The molecule has 0 atom stereocenters. The summed E-state index contributed by atoms with van der Waals surface area (Å²) < 4.78 is 0. The van der Waals surface area contributed by atoms with E-state index in [0.29, 0.717) is 0 Å². The zero-order valence-electron chi connectivity index (χ0n) is 7.20. The molecule has 0 aliphatic carbocycles. The third kappa shape index (κ3) is 4.40. The molecule has 0 heterocycles. The number of hydrogen-bond acceptors (Lipinski definition) is 1. The maximum atomic E-state index is 5.11. The highest BCUT2D eigenvalue weighted by molar-refractivity contribution is 4.86. The van der Waals surface area contributed by atoms with E-state index in [4.69, 9.17) is 6.42 Å². The Morgan fingerprint density at radius 1 is 1.50 bits per heavy atom. The van der Waals surface area contributed by atoms with Crippen LogP contribution < -0.4 is 5.32 Å². The first-order chi connectivity index (χ1) is 4.62. The average molecular weight is 139 g/mol. The molecule has 0 aliphatic heterocycles. The second kappa shape index (κ2) is 4.35. The summed E-state index contributed by atoms with van der Waals surface area (Å²) in [6, 6.07) is 0. The van der Waals surface area contributed by atoms with Crippen LogP contribution in [0.15, 0.2) is 0 Å². The van der Waals surface area contributed by atoms with Crippen molar-refractivity contribution in [1.29, 1.82) is 0 Å². The molecule has 0 spiro atoms. The summed E-state index contributed by atoms with van der Waals surface area (Å²) in [4.78, 5) is 0. The van der Waals surface area contributed by atoms with E-state index in [-0.39, 0.29) is 5.54 Å². The monoisotopic (exact) mass is 139 g/mol. The van der Waals surface area contributed by atoms with Crippen LogP contribution in [0.2, 0.25) is 0 Å². The number of hydrogen-bond donors (Lipinski definition) is 1. The lowest BCUT2D eigenvalue weighted by atomic mass is 10.0. The molecule has 1 heteroatoms. The SMILES string of the molecule is C#CCCNC(C)(C)CC. The van der Waals surface area contributed by atoms with Crippen LogP contribution in [0.25, 0.3) is 0 Å². The zero-order chi connectivity index (χ0) is 8.04. The lowest BCUT2D eigenvalue weighted by molar-refractivity contribution is 0.382. The molecule has 0 bridgehead atoms. The number of nitrogens with one attached hydrogen (secondary N) is 1. The fourth-order valence-corrected chi connectivity index (χ4v) is 0.598. The number of terminal acetylenes is 1. The van der Waals surface area contributed by atoms with Crippen LogP contribution in [-0.2, 0) is 0 Å². The highest BCUT2D eigenvalue weighted by atomic mass is 14.9. The van der Waals surface area contributed by atoms with Gasteiger partial charge in [0.15, 0.2) is 0 Å². The van der Waals surface area contributed by atoms with E-state index in [1.54, 1.807) is 0 Å². The molecule has 0 aromatic carbocycles. The predicted octanol–water partition coefficient (Wildman–Crippen LogP) is 1.79. The lowest BCUT2D eigenvalue weighted by Crippen LogP contribution is -2.38. The summed E-state index contributed by atoms with van der Waals surface area (Å²) >= 11 is 0. The van der Waals surface area contributed by atoms with Crippen molar-refractivity contribution in [2.75, 3.05) is 6.54 Å². The van der Waals surface area contributed by atoms with E-state index < -0.39 is 0 Å². The van der Waals surface area contributed by atoms with Gasteiger partial charge in [0.2, 0.25) is 0 Å². The standard InChI is InChI=1S/C9H17N/c1-5-7-8-10-9(3,4)6-2/h1,10H,6-8H2,2-4H3. The van der Waals surface area contributed by atoms with Crippen molar-refractivity contribution in [3.8, 4) is 12.3 Å². The summed E-state index contributed by atoms with van der Waals surface area (Å²) in [6.07, 6.45) is 7.07. The Kier molecular flexibility index (Phi) is 4.14. The maximum absolute atomic E-state index is 5.11. The fourth-order valence-electron chi connectivity index (χ4n) is 0.598. The van der Waals surface area contributed by atoms with Gasteiger partial charge in [-0.25, -0.2) is 0 Å². The van der Waals surface area contributed by atoms with E-state index >= 15 is 0 Å². The molecular formula is C9H17N. The Labute approximate surface area is 64.2 Å². The Morgan fingerprint density at radius 3 is 2.50 bits per heavy atom. The third-order valence-electron chi connectivity index (χ3n) is 1.76. The van der Waals surface area contributed by atoms with Gasteiger partial charge in [-0.15, -0.1) is 12.3 Å². The van der Waals surface area contributed by atoms with Crippen LogP contribution in [0.4, 0.5) is 0 Å². The summed E-state index contributed by atoms with van der Waals surface area (Å²) in [6.45, 7) is 7.47. The second-order valence-corrected chi connectivity index (χ2v) is 3.12. The maximum Gasteiger partial charge on any atom is 0.0212 e. The molecule has 0 aromatic rings. The Bertz CT molecular complexity index is 119. The molecule has 10 heavy (non-hydrogen) atoms. The van der Waals surface area contributed by atoms with Crippen molar-refractivity contribution in [1.82, 2.24) is 5.32 Å². The molecule has 0 aliphatic rings. The molecule has 0 unspecified atom stereocenters. The van der Waals surface area contributed by atoms with Crippen LogP contribution >= 0.6 is 0 Å². The van der Waals surface area contributed by atoms with Crippen LogP contribution in [0, 0.1) is 12.3 Å². The van der Waals surface area contributed by atoms with Gasteiger partial charge in [0.1, 0.15) is 0 Å². The smallest absolute Gasteiger partial charge is 0.0212 e. The molecular weight excluding hydrogens is 122 g/mol. The molecule has 0 fully saturated rings. The van der Waals surface area contributed by atoms with Crippen LogP contribution in [0.5, 0.6) is 0 Å². The Morgan fingerprint density at radius 2 is 2.10 bits per heavy atom. The highest BCUT2D eigenvalue weighted by Crippen LogP contribution is 2.05. The van der Waals surface area contributed by atoms with Crippen molar-refractivity contribution in [3.63, 3.8) is 0 Å². The van der Waals surface area contributed by atoms with Gasteiger partial charge < -0.3 is 5.32 Å². The molecule has 0 saturated heterocycles. The van der Waals surface area contributed by atoms with Gasteiger partial charge in [0.25, 0.3) is 0 Å². The molecule has 0 aromatic heterocycles. The van der Waals surface area contributed by atoms with Crippen molar-refractivity contribution in [2.24, 2.45) is 0 Å². The topological polar surface area (TPSA) is 12.0 Å². The van der Waals surface area contributed by atoms with E-state index in [9.17, 15) is 0 Å². The van der Waals surface area contributed by atoms with E-state index in [1.807, 2.05) is 0 Å². The summed E-state index contributed by atoms with van der Waals surface area (Å²) in [5.41, 5.74) is 0.247. The molecule has 0 radical (unpaired) electrons. The quantitative estimate of drug-likeness (QED) is 0.462. The first-order valence-electron chi connectivity index (χ1n) is 3.81. The van der Waals surface area contributed by atoms with Gasteiger partial charge in [-0.3, -0.25) is 0 Å². The van der Waals surface area contributed by atoms with Crippen molar-refractivity contribution in [2.45, 2.75) is 39.2 Å². The van der Waals surface area contributed by atoms with Crippen LogP contribution in [-0.4, -0.2) is 12.1 Å². The minimum Gasteiger partial charge on any atom is -0.311 e. The van der Waals surface area contributed by atoms with E-state index in [0.717, 1.165) is 19.4 Å². The average Bonchev–Trinajstić information content (AvgIpc) is 1.89. The molecule has 0 rings (SSSR count). The van der Waals surface area contributed by atoms with Crippen molar-refractivity contribution >= 4 is 0 Å². The Balaban J connectivity index is 3.39. The largest absolute Gasteiger partial charge is 0.311 e. The zero-order valence-corrected chi connectivity index (χ0v) is 7.20. The summed E-state index contributed by atoms with van der Waals surface area (Å²) in [5, 5.41) is 3.37. The van der Waals surface area contributed by atoms with Crippen LogP contribution in [0.3, 0.4) is 0 Å². The van der Waals surface area contributed by atoms with Gasteiger partial charge in [-0.2, -0.15) is 0 Å². The molecule has 0 saturated carbocycles. The summed E-state index contributed by atoms with van der Waals surface area (Å²) in [7, 11) is 0. The fraction of sp³-hybridized carbons (Fsp3) is 0.778. The molecule has 0 amide bonds. The summed E-state index contributed by atoms with van der Waals surface area (Å²) in [5.74, 6) is 2.60. The van der Waals surface area contributed by atoms with Crippen molar-refractivity contribution < 1.29 is 0 Å². The first kappa shape index (κ1) is 9.52.